The minimum absolute atomic E-state index is 0. The molecule has 0 radical (unpaired) electrons. The molecular weight excluding hydrogens is 891 g/mol. The van der Waals surface area contributed by atoms with Crippen LogP contribution in [-0.2, 0) is 37.5 Å². The Bertz CT molecular complexity index is 1340. The maximum absolute atomic E-state index is 12.8. The Hall–Kier alpha value is -1.09. The van der Waals surface area contributed by atoms with E-state index in [1.165, 1.54) is 116 Å². The summed E-state index contributed by atoms with van der Waals surface area (Å²) in [4.78, 5) is 59.5. The molecule has 0 fully saturated rings. The number of aromatic nitrogens is 3. The van der Waals surface area contributed by atoms with Crippen LogP contribution in [-0.4, -0.2) is 76.7 Å². The molecule has 1 heterocycles. The van der Waals surface area contributed by atoms with E-state index in [2.05, 4.69) is 39.4 Å². The molecule has 18 heteroatoms. The third-order valence-corrected chi connectivity index (χ3v) is 12.1. The van der Waals surface area contributed by atoms with E-state index in [0.29, 0.717) is 25.8 Å². The van der Waals surface area contributed by atoms with Crippen molar-refractivity contribution in [2.75, 3.05) is 38.2 Å². The molecule has 0 aliphatic rings. The maximum Gasteiger partial charge on any atom is 1.00 e. The standard InChI is InChI=1S/C46H84Cl2N5O9P.Na/c1-3-5-7-9-11-13-15-17-19-21-23-25-29-33-42(55)59-38-40(62-43(56)34-30-26-24-22-20-18-16-14-12-10-8-6-4-2)39-61-63(57,58)60-37-36-49-41(54)32-28-27-31-35-50-46-52-44(47)51-45(48)53-46;/h40H,3-39H2,1-2H3,(H,49,54)(H,57,58)(H,50,51,52,53);/q;+1/t40-;/m1./s1. The molecule has 1 aromatic rings. The predicted octanol–water partition coefficient (Wildman–Crippen LogP) is 9.82. The van der Waals surface area contributed by atoms with E-state index in [4.69, 9.17) is 41.7 Å². The van der Waals surface area contributed by atoms with Crippen LogP contribution in [0.4, 0.5) is 5.95 Å². The molecule has 2 atom stereocenters. The summed E-state index contributed by atoms with van der Waals surface area (Å²) in [7, 11) is -4.58. The number of nitrogens with one attached hydrogen (secondary N) is 2. The number of carbonyl (C=O) groups excluding carboxylic acids is 3. The summed E-state index contributed by atoms with van der Waals surface area (Å²) in [6, 6.07) is 0. The van der Waals surface area contributed by atoms with Gasteiger partial charge in [-0.15, -0.1) is 0 Å². The normalized spacial score (nSPS) is 12.6. The number of phosphoric acid groups is 1. The second-order valence-corrected chi connectivity index (χ2v) is 18.8. The van der Waals surface area contributed by atoms with Gasteiger partial charge in [-0.3, -0.25) is 23.4 Å². The molecule has 0 saturated carbocycles. The number of rotatable bonds is 45. The Labute approximate surface area is 418 Å². The summed E-state index contributed by atoms with van der Waals surface area (Å²) in [5.41, 5.74) is 0. The molecule has 1 unspecified atom stereocenters. The maximum atomic E-state index is 12.8. The van der Waals surface area contributed by atoms with Crippen molar-refractivity contribution in [1.82, 2.24) is 20.3 Å². The van der Waals surface area contributed by atoms with Crippen LogP contribution in [0.1, 0.15) is 219 Å². The molecule has 64 heavy (non-hydrogen) atoms. The molecule has 0 bridgehead atoms. The third kappa shape index (κ3) is 41.1. The van der Waals surface area contributed by atoms with Gasteiger partial charge in [0.05, 0.1) is 13.2 Å². The smallest absolute Gasteiger partial charge is 0.462 e. The van der Waals surface area contributed by atoms with Crippen LogP contribution in [0, 0.1) is 0 Å². The zero-order chi connectivity index (χ0) is 46.1. The minimum Gasteiger partial charge on any atom is -0.462 e. The van der Waals surface area contributed by atoms with E-state index >= 15 is 0 Å². The van der Waals surface area contributed by atoms with Crippen LogP contribution >= 0.6 is 31.0 Å². The first-order valence-electron chi connectivity index (χ1n) is 24.6. The molecule has 14 nitrogen and oxygen atoms in total. The van der Waals surface area contributed by atoms with E-state index in [9.17, 15) is 23.8 Å². The van der Waals surface area contributed by atoms with Crippen LogP contribution in [0.5, 0.6) is 0 Å². The summed E-state index contributed by atoms with van der Waals surface area (Å²) >= 11 is 11.5. The minimum atomic E-state index is -4.58. The van der Waals surface area contributed by atoms with Gasteiger partial charge >= 0.3 is 49.3 Å². The van der Waals surface area contributed by atoms with Crippen molar-refractivity contribution < 1.29 is 71.9 Å². The molecule has 0 aliphatic carbocycles. The SMILES string of the molecule is CCCCCCCCCCCCCCCC(=O)OC[C@H](COP(=O)(O)OCCNC(=O)CCCCCNc1nc(Cl)nc(Cl)n1)OC(=O)CCCCCCCCCCCCCCC.[Na+]. The first kappa shape index (κ1) is 62.9. The van der Waals surface area contributed by atoms with Crippen LogP contribution in [0.2, 0.25) is 10.6 Å². The summed E-state index contributed by atoms with van der Waals surface area (Å²) < 4.78 is 33.9. The van der Waals surface area contributed by atoms with Crippen molar-refractivity contribution in [3.05, 3.63) is 10.6 Å². The summed E-state index contributed by atoms with van der Waals surface area (Å²) in [5, 5.41) is 5.64. The van der Waals surface area contributed by atoms with Gasteiger partial charge in [0.15, 0.2) is 6.10 Å². The van der Waals surface area contributed by atoms with Crippen molar-refractivity contribution in [3.63, 3.8) is 0 Å². The molecular formula is C46H84Cl2N5NaO9P+. The second-order valence-electron chi connectivity index (χ2n) is 16.7. The first-order chi connectivity index (χ1) is 30.5. The number of amides is 1. The Morgan fingerprint density at radius 3 is 1.47 bits per heavy atom. The van der Waals surface area contributed by atoms with Gasteiger partial charge in [-0.05, 0) is 48.9 Å². The topological polar surface area (TPSA) is 188 Å². The van der Waals surface area contributed by atoms with E-state index < -0.39 is 32.5 Å². The fourth-order valence-corrected chi connectivity index (χ4v) is 8.15. The van der Waals surface area contributed by atoms with Crippen molar-refractivity contribution in [3.8, 4) is 0 Å². The van der Waals surface area contributed by atoms with Gasteiger partial charge in [-0.25, -0.2) is 4.57 Å². The van der Waals surface area contributed by atoms with Gasteiger partial charge in [0, 0.05) is 32.4 Å². The second kappa shape index (κ2) is 44.4. The molecule has 366 valence electrons. The largest absolute Gasteiger partial charge is 1.00 e. The van der Waals surface area contributed by atoms with E-state index in [1.54, 1.807) is 0 Å². The monoisotopic (exact) mass is 975 g/mol. The predicted molar refractivity (Wildman–Crippen MR) is 253 cm³/mol. The van der Waals surface area contributed by atoms with Gasteiger partial charge < -0.3 is 25.0 Å². The molecule has 0 aromatic carbocycles. The van der Waals surface area contributed by atoms with Crippen molar-refractivity contribution >= 4 is 54.8 Å². The molecule has 1 amide bonds. The summed E-state index contributed by atoms with van der Waals surface area (Å²) in [6.07, 6.45) is 32.8. The third-order valence-electron chi connectivity index (χ3n) is 10.7. The number of anilines is 1. The average molecular weight is 976 g/mol. The van der Waals surface area contributed by atoms with Crippen molar-refractivity contribution in [2.45, 2.75) is 225 Å². The number of hydrogen-bond donors (Lipinski definition) is 3. The fraction of sp³-hybridized carbons (Fsp3) is 0.870. The Kier molecular flexibility index (Phi) is 43.7. The zero-order valence-corrected chi connectivity index (χ0v) is 44.4. The average Bonchev–Trinajstić information content (AvgIpc) is 3.24. The first-order valence-corrected chi connectivity index (χ1v) is 26.8. The van der Waals surface area contributed by atoms with Gasteiger partial charge in [-0.2, -0.15) is 15.0 Å². The number of esters is 2. The van der Waals surface area contributed by atoms with Gasteiger partial charge in [0.2, 0.25) is 22.4 Å². The van der Waals surface area contributed by atoms with Crippen LogP contribution in [0.15, 0.2) is 0 Å². The van der Waals surface area contributed by atoms with Gasteiger partial charge in [-0.1, -0.05) is 174 Å². The fourth-order valence-electron chi connectivity index (χ4n) is 7.04. The number of unbranched alkanes of at least 4 members (excludes halogenated alkanes) is 26. The summed E-state index contributed by atoms with van der Waals surface area (Å²) in [6.45, 7) is 3.95. The Balaban J connectivity index is 0.0000397. The zero-order valence-electron chi connectivity index (χ0n) is 40.0. The summed E-state index contributed by atoms with van der Waals surface area (Å²) in [5.74, 6) is -0.850. The molecule has 0 saturated heterocycles. The van der Waals surface area contributed by atoms with Gasteiger partial charge in [0.25, 0.3) is 0 Å². The quantitative estimate of drug-likeness (QED) is 0.0243. The number of nitrogens with zero attached hydrogens (tertiary/aromatic N) is 3. The Morgan fingerprint density at radius 1 is 0.562 bits per heavy atom. The number of carbonyl (C=O) groups is 3. The van der Waals surface area contributed by atoms with E-state index in [0.717, 1.165) is 51.4 Å². The van der Waals surface area contributed by atoms with Gasteiger partial charge in [0.1, 0.15) is 6.61 Å². The van der Waals surface area contributed by atoms with Crippen LogP contribution in [0.25, 0.3) is 0 Å². The number of halogens is 2. The number of phosphoric ester groups is 1. The van der Waals surface area contributed by atoms with Crippen LogP contribution < -0.4 is 40.2 Å². The van der Waals surface area contributed by atoms with E-state index in [1.807, 2.05) is 0 Å². The molecule has 3 N–H and O–H groups in total. The molecule has 1 aromatic heterocycles. The Morgan fingerprint density at radius 2 is 0.984 bits per heavy atom. The number of hydrogen-bond acceptors (Lipinski definition) is 12. The number of ether oxygens (including phenoxy) is 2. The van der Waals surface area contributed by atoms with Crippen molar-refractivity contribution in [1.29, 1.82) is 0 Å². The van der Waals surface area contributed by atoms with Crippen LogP contribution in [0.3, 0.4) is 0 Å². The van der Waals surface area contributed by atoms with E-state index in [-0.39, 0.29) is 91.0 Å². The molecule has 1 rings (SSSR count). The van der Waals surface area contributed by atoms with Crippen molar-refractivity contribution in [2.24, 2.45) is 0 Å². The molecule has 0 aliphatic heterocycles. The molecule has 0 spiro atoms.